The standard InChI is InChI=1S/C12H17N3O4S/c1-8(15-12(17)7-14-9(2)16)10-4-3-5-11(6-10)20(13,18)19/h3-6,8H,7H2,1-2H3,(H,14,16)(H,15,17)(H2,13,18,19). The van der Waals surface area contributed by atoms with Crippen molar-refractivity contribution in [1.29, 1.82) is 0 Å². The first-order valence-corrected chi connectivity index (χ1v) is 7.41. The molecule has 7 nitrogen and oxygen atoms in total. The molecule has 0 spiro atoms. The molecule has 8 heteroatoms. The Morgan fingerprint density at radius 2 is 2.00 bits per heavy atom. The van der Waals surface area contributed by atoms with Gasteiger partial charge in [0, 0.05) is 6.92 Å². The number of rotatable bonds is 5. The number of hydrogen-bond donors (Lipinski definition) is 3. The number of carbonyl (C=O) groups is 2. The Morgan fingerprint density at radius 1 is 1.35 bits per heavy atom. The van der Waals surface area contributed by atoms with Gasteiger partial charge in [0.2, 0.25) is 21.8 Å². The molecule has 0 radical (unpaired) electrons. The summed E-state index contributed by atoms with van der Waals surface area (Å²) in [5.74, 6) is -0.669. The lowest BCUT2D eigenvalue weighted by Gasteiger charge is -2.15. The molecule has 2 amide bonds. The van der Waals surface area contributed by atoms with Crippen LogP contribution >= 0.6 is 0 Å². The predicted molar refractivity (Wildman–Crippen MR) is 73.1 cm³/mol. The minimum Gasteiger partial charge on any atom is -0.348 e. The van der Waals surface area contributed by atoms with E-state index in [0.29, 0.717) is 5.56 Å². The topological polar surface area (TPSA) is 118 Å². The number of nitrogens with one attached hydrogen (secondary N) is 2. The minimum atomic E-state index is -3.78. The average Bonchev–Trinajstić information content (AvgIpc) is 2.35. The number of benzene rings is 1. The normalized spacial score (nSPS) is 12.6. The molecule has 1 atom stereocenters. The molecule has 0 fully saturated rings. The zero-order valence-electron chi connectivity index (χ0n) is 11.2. The van der Waals surface area contributed by atoms with Gasteiger partial charge in [0.1, 0.15) is 0 Å². The Morgan fingerprint density at radius 3 is 2.55 bits per heavy atom. The summed E-state index contributed by atoms with van der Waals surface area (Å²) in [7, 11) is -3.78. The summed E-state index contributed by atoms with van der Waals surface area (Å²) in [6, 6.07) is 5.60. The van der Waals surface area contributed by atoms with Crippen LogP contribution in [0.15, 0.2) is 29.2 Å². The third kappa shape index (κ3) is 4.98. The van der Waals surface area contributed by atoms with Gasteiger partial charge in [-0.15, -0.1) is 0 Å². The molecule has 0 heterocycles. The summed E-state index contributed by atoms with van der Waals surface area (Å²) < 4.78 is 22.5. The van der Waals surface area contributed by atoms with Crippen LogP contribution in [-0.4, -0.2) is 26.8 Å². The molecule has 20 heavy (non-hydrogen) atoms. The maximum absolute atomic E-state index is 11.5. The van der Waals surface area contributed by atoms with Crippen molar-refractivity contribution in [1.82, 2.24) is 10.6 Å². The predicted octanol–water partition coefficient (Wildman–Crippen LogP) is -0.353. The van der Waals surface area contributed by atoms with Gasteiger partial charge < -0.3 is 10.6 Å². The molecular formula is C12H17N3O4S. The van der Waals surface area contributed by atoms with Crippen molar-refractivity contribution in [2.45, 2.75) is 24.8 Å². The Bertz CT molecular complexity index is 613. The molecule has 4 N–H and O–H groups in total. The van der Waals surface area contributed by atoms with Crippen LogP contribution in [0.3, 0.4) is 0 Å². The summed E-state index contributed by atoms with van der Waals surface area (Å²) in [6.07, 6.45) is 0. The lowest BCUT2D eigenvalue weighted by molar-refractivity contribution is -0.125. The maximum Gasteiger partial charge on any atom is 0.239 e. The molecule has 0 aliphatic rings. The van der Waals surface area contributed by atoms with E-state index in [4.69, 9.17) is 5.14 Å². The molecule has 0 aliphatic carbocycles. The fourth-order valence-corrected chi connectivity index (χ4v) is 2.11. The first-order valence-electron chi connectivity index (χ1n) is 5.86. The van der Waals surface area contributed by atoms with Crippen molar-refractivity contribution in [3.63, 3.8) is 0 Å². The number of carbonyl (C=O) groups excluding carboxylic acids is 2. The van der Waals surface area contributed by atoms with Gasteiger partial charge in [-0.1, -0.05) is 12.1 Å². The van der Waals surface area contributed by atoms with Crippen LogP contribution in [0.5, 0.6) is 0 Å². The van der Waals surface area contributed by atoms with E-state index in [9.17, 15) is 18.0 Å². The third-order valence-corrected chi connectivity index (χ3v) is 3.47. The van der Waals surface area contributed by atoms with Crippen molar-refractivity contribution in [2.24, 2.45) is 5.14 Å². The van der Waals surface area contributed by atoms with E-state index in [-0.39, 0.29) is 23.3 Å². The largest absolute Gasteiger partial charge is 0.348 e. The van der Waals surface area contributed by atoms with Gasteiger partial charge in [-0.3, -0.25) is 9.59 Å². The van der Waals surface area contributed by atoms with Crippen LogP contribution in [0.4, 0.5) is 0 Å². The summed E-state index contributed by atoms with van der Waals surface area (Å²) in [4.78, 5) is 22.2. The summed E-state index contributed by atoms with van der Waals surface area (Å²) in [5.41, 5.74) is 0.604. The van der Waals surface area contributed by atoms with E-state index in [1.807, 2.05) is 0 Å². The maximum atomic E-state index is 11.5. The number of sulfonamides is 1. The molecular weight excluding hydrogens is 282 g/mol. The minimum absolute atomic E-state index is 0.0158. The quantitative estimate of drug-likeness (QED) is 0.688. The monoisotopic (exact) mass is 299 g/mol. The summed E-state index contributed by atoms with van der Waals surface area (Å²) in [6.45, 7) is 2.88. The zero-order valence-corrected chi connectivity index (χ0v) is 12.0. The number of nitrogens with two attached hydrogens (primary N) is 1. The second-order valence-corrected chi connectivity index (χ2v) is 5.88. The van der Waals surface area contributed by atoms with Crippen molar-refractivity contribution in [3.8, 4) is 0 Å². The van der Waals surface area contributed by atoms with Crippen LogP contribution < -0.4 is 15.8 Å². The zero-order chi connectivity index (χ0) is 15.3. The second kappa shape index (κ2) is 6.49. The van der Waals surface area contributed by atoms with E-state index < -0.39 is 16.1 Å². The van der Waals surface area contributed by atoms with Gasteiger partial charge in [0.15, 0.2) is 0 Å². The fraction of sp³-hybridized carbons (Fsp3) is 0.333. The molecule has 0 saturated heterocycles. The van der Waals surface area contributed by atoms with Crippen LogP contribution in [0, 0.1) is 0 Å². The molecule has 1 aromatic rings. The Kier molecular flexibility index (Phi) is 5.23. The average molecular weight is 299 g/mol. The molecule has 1 unspecified atom stereocenters. The van der Waals surface area contributed by atoms with Crippen LogP contribution in [0.2, 0.25) is 0 Å². The highest BCUT2D eigenvalue weighted by atomic mass is 32.2. The van der Waals surface area contributed by atoms with Crippen molar-refractivity contribution < 1.29 is 18.0 Å². The van der Waals surface area contributed by atoms with Crippen LogP contribution in [0.1, 0.15) is 25.5 Å². The lowest BCUT2D eigenvalue weighted by Crippen LogP contribution is -2.37. The van der Waals surface area contributed by atoms with Crippen LogP contribution in [0.25, 0.3) is 0 Å². The van der Waals surface area contributed by atoms with Crippen LogP contribution in [-0.2, 0) is 19.6 Å². The molecule has 110 valence electrons. The highest BCUT2D eigenvalue weighted by Crippen LogP contribution is 2.16. The van der Waals surface area contributed by atoms with E-state index in [1.165, 1.54) is 19.1 Å². The van der Waals surface area contributed by atoms with E-state index >= 15 is 0 Å². The highest BCUT2D eigenvalue weighted by molar-refractivity contribution is 7.89. The fourth-order valence-electron chi connectivity index (χ4n) is 1.54. The first-order chi connectivity index (χ1) is 9.20. The smallest absolute Gasteiger partial charge is 0.239 e. The number of amides is 2. The Hall–Kier alpha value is -1.93. The Labute approximate surface area is 117 Å². The molecule has 0 bridgehead atoms. The van der Waals surface area contributed by atoms with Gasteiger partial charge in [-0.25, -0.2) is 13.6 Å². The van der Waals surface area contributed by atoms with Gasteiger partial charge in [0.25, 0.3) is 0 Å². The van der Waals surface area contributed by atoms with Crippen molar-refractivity contribution >= 4 is 21.8 Å². The lowest BCUT2D eigenvalue weighted by atomic mass is 10.1. The Balaban J connectivity index is 2.75. The highest BCUT2D eigenvalue weighted by Gasteiger charge is 2.13. The van der Waals surface area contributed by atoms with Gasteiger partial charge >= 0.3 is 0 Å². The van der Waals surface area contributed by atoms with Gasteiger partial charge in [-0.2, -0.15) is 0 Å². The van der Waals surface area contributed by atoms with Gasteiger partial charge in [-0.05, 0) is 24.6 Å². The van der Waals surface area contributed by atoms with E-state index in [0.717, 1.165) is 0 Å². The first kappa shape index (κ1) is 16.1. The summed E-state index contributed by atoms with van der Waals surface area (Å²) >= 11 is 0. The molecule has 0 saturated carbocycles. The van der Waals surface area contributed by atoms with Crippen molar-refractivity contribution in [2.75, 3.05) is 6.54 Å². The molecule has 1 rings (SSSR count). The molecule has 0 aromatic heterocycles. The van der Waals surface area contributed by atoms with Gasteiger partial charge in [0.05, 0.1) is 17.5 Å². The summed E-state index contributed by atoms with van der Waals surface area (Å²) in [5, 5.41) is 10.1. The molecule has 1 aromatic carbocycles. The second-order valence-electron chi connectivity index (χ2n) is 4.32. The SMILES string of the molecule is CC(=O)NCC(=O)NC(C)c1cccc(S(N)(=O)=O)c1. The number of hydrogen-bond acceptors (Lipinski definition) is 4. The van der Waals surface area contributed by atoms with E-state index in [1.54, 1.807) is 19.1 Å². The number of primary sulfonamides is 1. The van der Waals surface area contributed by atoms with Crippen molar-refractivity contribution in [3.05, 3.63) is 29.8 Å². The van der Waals surface area contributed by atoms with E-state index in [2.05, 4.69) is 10.6 Å². The molecule has 0 aliphatic heterocycles. The third-order valence-electron chi connectivity index (χ3n) is 2.56.